The Hall–Kier alpha value is -2.69. The van der Waals surface area contributed by atoms with Gasteiger partial charge in [0.1, 0.15) is 0 Å². The second-order valence-electron chi connectivity index (χ2n) is 5.10. The van der Waals surface area contributed by atoms with Crippen molar-refractivity contribution >= 4 is 28.5 Å². The zero-order chi connectivity index (χ0) is 16.7. The van der Waals surface area contributed by atoms with E-state index in [1.807, 2.05) is 30.3 Å². The third-order valence-corrected chi connectivity index (χ3v) is 3.29. The summed E-state index contributed by atoms with van der Waals surface area (Å²) in [5.74, 6) is -0.806. The van der Waals surface area contributed by atoms with Gasteiger partial charge in [-0.25, -0.2) is 0 Å². The Morgan fingerprint density at radius 2 is 2.09 bits per heavy atom. The van der Waals surface area contributed by atoms with Crippen LogP contribution >= 0.6 is 0 Å². The van der Waals surface area contributed by atoms with E-state index in [-0.39, 0.29) is 24.2 Å². The maximum absolute atomic E-state index is 12.0. The number of amides is 1. The standard InChI is InChI=1S/C18H20N2O3/c1-3-23-18(22)13(2)7-4-11-16(21)20-15-10-5-8-14-9-6-12-19-17(14)15/h4-10,12-13H,3,11H2,1-2H3,(H,20,21)/b7-4+. The molecule has 5 heteroatoms. The molecule has 0 saturated heterocycles. The molecule has 1 unspecified atom stereocenters. The summed E-state index contributed by atoms with van der Waals surface area (Å²) in [6.45, 7) is 3.85. The van der Waals surface area contributed by atoms with Crippen molar-refractivity contribution in [3.05, 3.63) is 48.7 Å². The number of esters is 1. The minimum Gasteiger partial charge on any atom is -0.466 e. The molecule has 0 bridgehead atoms. The molecule has 0 aliphatic heterocycles. The van der Waals surface area contributed by atoms with E-state index in [0.717, 1.165) is 10.9 Å². The molecule has 1 aromatic heterocycles. The average molecular weight is 312 g/mol. The van der Waals surface area contributed by atoms with E-state index in [4.69, 9.17) is 4.74 Å². The topological polar surface area (TPSA) is 68.3 Å². The summed E-state index contributed by atoms with van der Waals surface area (Å²) in [5, 5.41) is 3.81. The summed E-state index contributed by atoms with van der Waals surface area (Å²) >= 11 is 0. The summed E-state index contributed by atoms with van der Waals surface area (Å²) in [6.07, 6.45) is 5.24. The molecule has 0 fully saturated rings. The van der Waals surface area contributed by atoms with Gasteiger partial charge in [-0.1, -0.05) is 30.4 Å². The second-order valence-corrected chi connectivity index (χ2v) is 5.10. The fourth-order valence-corrected chi connectivity index (χ4v) is 2.14. The number of nitrogens with one attached hydrogen (secondary N) is 1. The van der Waals surface area contributed by atoms with Gasteiger partial charge in [0.05, 0.1) is 23.7 Å². The number of aromatic nitrogens is 1. The summed E-state index contributed by atoms with van der Waals surface area (Å²) in [6, 6.07) is 9.43. The van der Waals surface area contributed by atoms with E-state index >= 15 is 0 Å². The first-order chi connectivity index (χ1) is 11.1. The smallest absolute Gasteiger partial charge is 0.312 e. The molecule has 1 atom stereocenters. The zero-order valence-electron chi connectivity index (χ0n) is 13.3. The molecule has 23 heavy (non-hydrogen) atoms. The van der Waals surface area contributed by atoms with Gasteiger partial charge >= 0.3 is 5.97 Å². The Bertz CT molecular complexity index is 720. The number of benzene rings is 1. The number of carbonyl (C=O) groups is 2. The number of pyridine rings is 1. The maximum atomic E-state index is 12.0. The van der Waals surface area contributed by atoms with E-state index in [2.05, 4.69) is 10.3 Å². The van der Waals surface area contributed by atoms with Gasteiger partial charge in [0.15, 0.2) is 0 Å². The van der Waals surface area contributed by atoms with E-state index in [1.165, 1.54) is 0 Å². The first-order valence-corrected chi connectivity index (χ1v) is 7.58. The number of ether oxygens (including phenoxy) is 1. The van der Waals surface area contributed by atoms with Crippen LogP contribution in [0.3, 0.4) is 0 Å². The predicted molar refractivity (Wildman–Crippen MR) is 89.9 cm³/mol. The molecule has 1 amide bonds. The van der Waals surface area contributed by atoms with E-state index < -0.39 is 0 Å². The normalized spacial score (nSPS) is 12.3. The third kappa shape index (κ3) is 4.64. The molecule has 2 rings (SSSR count). The van der Waals surface area contributed by atoms with Gasteiger partial charge in [0, 0.05) is 18.0 Å². The fraction of sp³-hybridized carbons (Fsp3) is 0.278. The monoisotopic (exact) mass is 312 g/mol. The number of hydrogen-bond acceptors (Lipinski definition) is 4. The Labute approximate surface area is 135 Å². The molecule has 120 valence electrons. The molecule has 2 aromatic rings. The molecule has 0 aliphatic carbocycles. The molecule has 0 saturated carbocycles. The number of fused-ring (bicyclic) bond motifs is 1. The van der Waals surface area contributed by atoms with E-state index in [9.17, 15) is 9.59 Å². The van der Waals surface area contributed by atoms with Crippen molar-refractivity contribution in [2.45, 2.75) is 20.3 Å². The Balaban J connectivity index is 1.95. The zero-order valence-corrected chi connectivity index (χ0v) is 13.3. The van der Waals surface area contributed by atoms with Crippen LogP contribution in [0.5, 0.6) is 0 Å². The summed E-state index contributed by atoms with van der Waals surface area (Å²) in [5.41, 5.74) is 1.44. The van der Waals surface area contributed by atoms with Gasteiger partial charge in [-0.05, 0) is 26.0 Å². The van der Waals surface area contributed by atoms with E-state index in [1.54, 1.807) is 32.2 Å². The van der Waals surface area contributed by atoms with Crippen LogP contribution in [0.2, 0.25) is 0 Å². The third-order valence-electron chi connectivity index (χ3n) is 3.29. The lowest BCUT2D eigenvalue weighted by atomic mass is 10.1. The summed E-state index contributed by atoms with van der Waals surface area (Å²) in [7, 11) is 0. The molecule has 1 heterocycles. The van der Waals surface area contributed by atoms with Crippen molar-refractivity contribution < 1.29 is 14.3 Å². The molecule has 1 aromatic carbocycles. The first-order valence-electron chi connectivity index (χ1n) is 7.58. The lowest BCUT2D eigenvalue weighted by Gasteiger charge is -2.07. The number of carbonyl (C=O) groups excluding carboxylic acids is 2. The summed E-state index contributed by atoms with van der Waals surface area (Å²) < 4.78 is 4.91. The van der Waals surface area contributed by atoms with Crippen molar-refractivity contribution in [3.8, 4) is 0 Å². The number of anilines is 1. The van der Waals surface area contributed by atoms with Crippen molar-refractivity contribution in [1.82, 2.24) is 4.98 Å². The largest absolute Gasteiger partial charge is 0.466 e. The van der Waals surface area contributed by atoms with Crippen LogP contribution in [-0.2, 0) is 14.3 Å². The van der Waals surface area contributed by atoms with Gasteiger partial charge in [0.25, 0.3) is 0 Å². The molecular formula is C18H20N2O3. The minimum absolute atomic E-state index is 0.157. The second kappa shape index (κ2) is 8.08. The van der Waals surface area contributed by atoms with Gasteiger partial charge in [-0.3, -0.25) is 14.6 Å². The van der Waals surface area contributed by atoms with Gasteiger partial charge in [0.2, 0.25) is 5.91 Å². The van der Waals surface area contributed by atoms with Crippen LogP contribution in [0.1, 0.15) is 20.3 Å². The van der Waals surface area contributed by atoms with Gasteiger partial charge < -0.3 is 10.1 Å². The molecule has 0 spiro atoms. The molecule has 5 nitrogen and oxygen atoms in total. The van der Waals surface area contributed by atoms with Gasteiger partial charge in [-0.15, -0.1) is 0 Å². The van der Waals surface area contributed by atoms with Crippen LogP contribution in [0.25, 0.3) is 10.9 Å². The highest BCUT2D eigenvalue weighted by Crippen LogP contribution is 2.20. The van der Waals surface area contributed by atoms with Crippen molar-refractivity contribution in [2.24, 2.45) is 5.92 Å². The Kier molecular flexibility index (Phi) is 5.86. The Morgan fingerprint density at radius 3 is 2.87 bits per heavy atom. The maximum Gasteiger partial charge on any atom is 0.312 e. The Morgan fingerprint density at radius 1 is 1.30 bits per heavy atom. The lowest BCUT2D eigenvalue weighted by Crippen LogP contribution is -2.13. The fourth-order valence-electron chi connectivity index (χ4n) is 2.14. The lowest BCUT2D eigenvalue weighted by molar-refractivity contribution is -0.145. The van der Waals surface area contributed by atoms with Gasteiger partial charge in [-0.2, -0.15) is 0 Å². The SMILES string of the molecule is CCOC(=O)C(C)/C=C/CC(=O)Nc1cccc2cccnc12. The van der Waals surface area contributed by atoms with E-state index in [0.29, 0.717) is 12.3 Å². The molecular weight excluding hydrogens is 292 g/mol. The average Bonchev–Trinajstić information content (AvgIpc) is 2.55. The summed E-state index contributed by atoms with van der Waals surface area (Å²) in [4.78, 5) is 27.8. The molecule has 0 radical (unpaired) electrons. The van der Waals surface area contributed by atoms with Crippen LogP contribution in [0.15, 0.2) is 48.7 Å². The van der Waals surface area contributed by atoms with Crippen LogP contribution < -0.4 is 5.32 Å². The number of hydrogen-bond donors (Lipinski definition) is 1. The highest BCUT2D eigenvalue weighted by atomic mass is 16.5. The highest BCUT2D eigenvalue weighted by Gasteiger charge is 2.10. The van der Waals surface area contributed by atoms with Crippen molar-refractivity contribution in [3.63, 3.8) is 0 Å². The van der Waals surface area contributed by atoms with Crippen LogP contribution in [-0.4, -0.2) is 23.5 Å². The predicted octanol–water partition coefficient (Wildman–Crippen LogP) is 3.32. The van der Waals surface area contributed by atoms with Crippen LogP contribution in [0, 0.1) is 5.92 Å². The van der Waals surface area contributed by atoms with Crippen molar-refractivity contribution in [1.29, 1.82) is 0 Å². The number of nitrogens with zero attached hydrogens (tertiary/aromatic N) is 1. The minimum atomic E-state index is -0.359. The molecule has 0 aliphatic rings. The number of rotatable bonds is 6. The first kappa shape index (κ1) is 16.7. The molecule has 1 N–H and O–H groups in total. The number of para-hydroxylation sites is 1. The highest BCUT2D eigenvalue weighted by molar-refractivity contribution is 6.00. The quantitative estimate of drug-likeness (QED) is 0.656. The van der Waals surface area contributed by atoms with Crippen LogP contribution in [0.4, 0.5) is 5.69 Å². The van der Waals surface area contributed by atoms with Crippen molar-refractivity contribution in [2.75, 3.05) is 11.9 Å².